The van der Waals surface area contributed by atoms with Gasteiger partial charge in [-0.05, 0) is 50.6 Å². The topological polar surface area (TPSA) is 72.8 Å². The van der Waals surface area contributed by atoms with Gasteiger partial charge in [0.05, 0.1) is 25.1 Å². The van der Waals surface area contributed by atoms with E-state index in [0.717, 1.165) is 11.3 Å². The summed E-state index contributed by atoms with van der Waals surface area (Å²) < 4.78 is 10.4. The smallest absolute Gasteiger partial charge is 0.350 e. The van der Waals surface area contributed by atoms with E-state index in [9.17, 15) is 4.79 Å². The monoisotopic (exact) mass is 333 g/mol. The maximum atomic E-state index is 11.7. The number of hydrogen-bond acceptors (Lipinski definition) is 7. The number of carbonyl (C=O) groups excluding carboxylic acids is 1. The van der Waals surface area contributed by atoms with Crippen molar-refractivity contribution >= 4 is 28.7 Å². The van der Waals surface area contributed by atoms with Crippen LogP contribution in [0.3, 0.4) is 0 Å². The fourth-order valence-electron chi connectivity index (χ4n) is 1.81. The SMILES string of the molecule is CCOC(=O)c1sc(NN=Cc2ccc(OCC)cc2)nc1C. The summed E-state index contributed by atoms with van der Waals surface area (Å²) in [5.41, 5.74) is 4.39. The van der Waals surface area contributed by atoms with Crippen molar-refractivity contribution in [2.75, 3.05) is 18.6 Å². The zero-order chi connectivity index (χ0) is 16.7. The zero-order valence-corrected chi connectivity index (χ0v) is 14.1. The Bertz CT molecular complexity index is 680. The Balaban J connectivity index is 1.97. The zero-order valence-electron chi connectivity index (χ0n) is 13.3. The third-order valence-corrected chi connectivity index (χ3v) is 3.86. The van der Waals surface area contributed by atoms with E-state index in [1.807, 2.05) is 31.2 Å². The maximum Gasteiger partial charge on any atom is 0.350 e. The van der Waals surface area contributed by atoms with Crippen molar-refractivity contribution in [3.63, 3.8) is 0 Å². The molecule has 1 N–H and O–H groups in total. The van der Waals surface area contributed by atoms with Crippen LogP contribution in [0.4, 0.5) is 5.13 Å². The molecule has 0 saturated carbocycles. The Kier molecular flexibility index (Phi) is 6.10. The van der Waals surface area contributed by atoms with Gasteiger partial charge in [-0.3, -0.25) is 5.43 Å². The van der Waals surface area contributed by atoms with Gasteiger partial charge in [0.25, 0.3) is 0 Å². The van der Waals surface area contributed by atoms with Crippen LogP contribution in [0.2, 0.25) is 0 Å². The van der Waals surface area contributed by atoms with E-state index in [2.05, 4.69) is 15.5 Å². The summed E-state index contributed by atoms with van der Waals surface area (Å²) in [5, 5.41) is 4.68. The molecule has 0 radical (unpaired) electrons. The number of hydrogen-bond donors (Lipinski definition) is 1. The molecule has 7 heteroatoms. The highest BCUT2D eigenvalue weighted by molar-refractivity contribution is 7.17. The molecule has 23 heavy (non-hydrogen) atoms. The molecule has 6 nitrogen and oxygen atoms in total. The van der Waals surface area contributed by atoms with Crippen molar-refractivity contribution in [2.24, 2.45) is 5.10 Å². The predicted octanol–water partition coefficient (Wildman–Crippen LogP) is 3.47. The number of ether oxygens (including phenoxy) is 2. The van der Waals surface area contributed by atoms with Crippen molar-refractivity contribution in [3.8, 4) is 5.75 Å². The first-order valence-corrected chi connectivity index (χ1v) is 8.12. The van der Waals surface area contributed by atoms with Crippen LogP contribution in [0.15, 0.2) is 29.4 Å². The molecule has 1 aromatic heterocycles. The van der Waals surface area contributed by atoms with Gasteiger partial charge in [0.2, 0.25) is 5.13 Å². The summed E-state index contributed by atoms with van der Waals surface area (Å²) >= 11 is 1.22. The van der Waals surface area contributed by atoms with Gasteiger partial charge in [0, 0.05) is 0 Å². The molecular formula is C16H19N3O3S. The Morgan fingerprint density at radius 2 is 2.04 bits per heavy atom. The lowest BCUT2D eigenvalue weighted by Crippen LogP contribution is -2.03. The minimum atomic E-state index is -0.356. The number of thiazole rings is 1. The van der Waals surface area contributed by atoms with Gasteiger partial charge in [-0.1, -0.05) is 11.3 Å². The minimum Gasteiger partial charge on any atom is -0.494 e. The van der Waals surface area contributed by atoms with Crippen LogP contribution in [0, 0.1) is 6.92 Å². The summed E-state index contributed by atoms with van der Waals surface area (Å²) in [5.74, 6) is 0.471. The van der Waals surface area contributed by atoms with Crippen molar-refractivity contribution in [2.45, 2.75) is 20.8 Å². The lowest BCUT2D eigenvalue weighted by molar-refractivity contribution is 0.0531. The standard InChI is InChI=1S/C16H19N3O3S/c1-4-21-13-8-6-12(7-9-13)10-17-19-16-18-11(3)14(23-16)15(20)22-5-2/h6-10H,4-5H2,1-3H3,(H,18,19). The average molecular weight is 333 g/mol. The van der Waals surface area contributed by atoms with Crippen LogP contribution in [0.1, 0.15) is 34.8 Å². The molecular weight excluding hydrogens is 314 g/mol. The number of carbonyl (C=O) groups is 1. The third-order valence-electron chi connectivity index (χ3n) is 2.82. The largest absolute Gasteiger partial charge is 0.494 e. The molecule has 0 spiro atoms. The van der Waals surface area contributed by atoms with Crippen LogP contribution in [0.25, 0.3) is 0 Å². The maximum absolute atomic E-state index is 11.7. The Hall–Kier alpha value is -2.41. The van der Waals surface area contributed by atoms with Crippen molar-refractivity contribution in [3.05, 3.63) is 40.4 Å². The molecule has 1 aromatic carbocycles. The van der Waals surface area contributed by atoms with Gasteiger partial charge in [0.1, 0.15) is 10.6 Å². The first-order chi connectivity index (χ1) is 11.1. The van der Waals surface area contributed by atoms with Crippen LogP contribution in [-0.4, -0.2) is 30.4 Å². The summed E-state index contributed by atoms with van der Waals surface area (Å²) in [4.78, 5) is 16.5. The lowest BCUT2D eigenvalue weighted by Gasteiger charge is -2.01. The normalized spacial score (nSPS) is 10.7. The number of benzene rings is 1. The van der Waals surface area contributed by atoms with Crippen molar-refractivity contribution in [1.82, 2.24) is 4.98 Å². The van der Waals surface area contributed by atoms with Gasteiger partial charge in [0.15, 0.2) is 0 Å². The molecule has 0 fully saturated rings. The van der Waals surface area contributed by atoms with Gasteiger partial charge >= 0.3 is 5.97 Å². The summed E-state index contributed by atoms with van der Waals surface area (Å²) in [6, 6.07) is 7.59. The van der Waals surface area contributed by atoms with Gasteiger partial charge in [-0.25, -0.2) is 9.78 Å². The second-order valence-corrected chi connectivity index (χ2v) is 5.53. The number of nitrogens with zero attached hydrogens (tertiary/aromatic N) is 2. The van der Waals surface area contributed by atoms with E-state index in [1.54, 1.807) is 20.1 Å². The number of hydrazone groups is 1. The highest BCUT2D eigenvalue weighted by Gasteiger charge is 2.15. The van der Waals surface area contributed by atoms with E-state index in [-0.39, 0.29) is 5.97 Å². The molecule has 0 aliphatic rings. The average Bonchev–Trinajstić information content (AvgIpc) is 2.90. The molecule has 0 amide bonds. The van der Waals surface area contributed by atoms with E-state index >= 15 is 0 Å². The van der Waals surface area contributed by atoms with Gasteiger partial charge in [-0.15, -0.1) is 0 Å². The predicted molar refractivity (Wildman–Crippen MR) is 91.6 cm³/mol. The number of rotatable bonds is 7. The molecule has 2 aromatic rings. The molecule has 0 aliphatic carbocycles. The molecule has 0 bridgehead atoms. The summed E-state index contributed by atoms with van der Waals surface area (Å²) in [6.45, 7) is 6.47. The molecule has 122 valence electrons. The molecule has 0 aliphatic heterocycles. The fraction of sp³-hybridized carbons (Fsp3) is 0.312. The van der Waals surface area contributed by atoms with Crippen molar-refractivity contribution < 1.29 is 14.3 Å². The van der Waals surface area contributed by atoms with Crippen LogP contribution >= 0.6 is 11.3 Å². The minimum absolute atomic E-state index is 0.342. The number of anilines is 1. The van der Waals surface area contributed by atoms with Crippen LogP contribution in [-0.2, 0) is 4.74 Å². The van der Waals surface area contributed by atoms with Gasteiger partial charge < -0.3 is 9.47 Å². The van der Waals surface area contributed by atoms with Gasteiger partial charge in [-0.2, -0.15) is 5.10 Å². The highest BCUT2D eigenvalue weighted by Crippen LogP contribution is 2.23. The molecule has 1 heterocycles. The Labute approximate surface area is 139 Å². The first kappa shape index (κ1) is 17.0. The number of esters is 1. The molecule has 0 atom stereocenters. The van der Waals surface area contributed by atoms with E-state index in [0.29, 0.717) is 28.9 Å². The molecule has 2 rings (SSSR count). The van der Waals surface area contributed by atoms with E-state index in [4.69, 9.17) is 9.47 Å². The molecule has 0 unspecified atom stereocenters. The summed E-state index contributed by atoms with van der Waals surface area (Å²) in [7, 11) is 0. The number of nitrogens with one attached hydrogen (secondary N) is 1. The Morgan fingerprint density at radius 3 is 2.70 bits per heavy atom. The van der Waals surface area contributed by atoms with Crippen molar-refractivity contribution in [1.29, 1.82) is 0 Å². The number of aromatic nitrogens is 1. The number of aryl methyl sites for hydroxylation is 1. The third kappa shape index (κ3) is 4.79. The van der Waals surface area contributed by atoms with E-state index < -0.39 is 0 Å². The Morgan fingerprint density at radius 1 is 1.30 bits per heavy atom. The van der Waals surface area contributed by atoms with Crippen LogP contribution in [0.5, 0.6) is 5.75 Å². The fourth-order valence-corrected chi connectivity index (χ4v) is 2.62. The second-order valence-electron chi connectivity index (χ2n) is 4.53. The molecule has 0 saturated heterocycles. The lowest BCUT2D eigenvalue weighted by atomic mass is 10.2. The second kappa shape index (κ2) is 8.28. The summed E-state index contributed by atoms with van der Waals surface area (Å²) in [6.07, 6.45) is 1.68. The first-order valence-electron chi connectivity index (χ1n) is 7.30. The quantitative estimate of drug-likeness (QED) is 0.477. The van der Waals surface area contributed by atoms with Crippen LogP contribution < -0.4 is 10.2 Å². The highest BCUT2D eigenvalue weighted by atomic mass is 32.1. The van der Waals surface area contributed by atoms with E-state index in [1.165, 1.54) is 11.3 Å².